The number of nitrogens with two attached hydrogens (primary N) is 1. The number of nitrogens with zero attached hydrogens (tertiary/aromatic N) is 1. The molecule has 4 aromatic rings. The summed E-state index contributed by atoms with van der Waals surface area (Å²) in [5.41, 5.74) is 9.98. The molecule has 1 unspecified atom stereocenters. The van der Waals surface area contributed by atoms with E-state index >= 15 is 0 Å². The summed E-state index contributed by atoms with van der Waals surface area (Å²) >= 11 is 3.27. The molecule has 1 heterocycles. The number of nitrogens with one attached hydrogen (secondary N) is 1. The van der Waals surface area contributed by atoms with Crippen LogP contribution in [0.1, 0.15) is 55.8 Å². The van der Waals surface area contributed by atoms with Crippen LogP contribution in [0.3, 0.4) is 0 Å². The first-order valence-electron chi connectivity index (χ1n) is 11.9. The van der Waals surface area contributed by atoms with E-state index in [0.717, 1.165) is 56.4 Å². The lowest BCUT2D eigenvalue weighted by atomic mass is 10.0. The molecular weight excluding hydrogens is 470 g/mol. The molecule has 0 aliphatic carbocycles. The first kappa shape index (κ1) is 26.6. The molecule has 182 valence electrons. The Bertz CT molecular complexity index is 1290. The zero-order chi connectivity index (χ0) is 25.0. The van der Waals surface area contributed by atoms with Crippen molar-refractivity contribution in [3.63, 3.8) is 0 Å². The molecule has 0 saturated carbocycles. The van der Waals surface area contributed by atoms with Gasteiger partial charge >= 0.3 is 0 Å². The maximum Gasteiger partial charge on any atom is 0.120 e. The third-order valence-corrected chi connectivity index (χ3v) is 7.09. The zero-order valence-electron chi connectivity index (χ0n) is 20.8. The predicted octanol–water partition coefficient (Wildman–Crippen LogP) is 7.65. The molecule has 0 aliphatic heterocycles. The van der Waals surface area contributed by atoms with Gasteiger partial charge < -0.3 is 10.5 Å². The zero-order valence-corrected chi connectivity index (χ0v) is 22.4. The van der Waals surface area contributed by atoms with Gasteiger partial charge in [-0.15, -0.1) is 11.3 Å². The molecule has 1 atom stereocenters. The summed E-state index contributed by atoms with van der Waals surface area (Å²) in [6.07, 6.45) is 2.79. The fourth-order valence-corrected chi connectivity index (χ4v) is 5.33. The van der Waals surface area contributed by atoms with E-state index in [9.17, 15) is 0 Å². The molecule has 4 nitrogen and oxygen atoms in total. The van der Waals surface area contributed by atoms with Crippen molar-refractivity contribution in [1.82, 2.24) is 9.71 Å². The standard InChI is InChI=1S/C27H27N3OS2.C2H6/c1-3-4-5-8-19-9-6-10-20(15-19)16-25(30-33-23-12-7-11-21(28)17-23)27-29-24-14-13-22(31-2)18-26(24)32-27;1-2/h6-7,9-15,17-18,25,30H,3-4,16,28H2,1-2H3;1-2H3. The number of hydrogen-bond acceptors (Lipinski definition) is 6. The Kier molecular flexibility index (Phi) is 10.5. The Morgan fingerprint density at radius 1 is 1.09 bits per heavy atom. The summed E-state index contributed by atoms with van der Waals surface area (Å²) in [5.74, 6) is 7.36. The molecule has 0 saturated heterocycles. The maximum absolute atomic E-state index is 5.97. The minimum Gasteiger partial charge on any atom is -0.497 e. The van der Waals surface area contributed by atoms with Crippen LogP contribution in [0.15, 0.2) is 71.6 Å². The van der Waals surface area contributed by atoms with Gasteiger partial charge in [0, 0.05) is 22.6 Å². The van der Waals surface area contributed by atoms with Gasteiger partial charge in [0.05, 0.1) is 23.4 Å². The summed E-state index contributed by atoms with van der Waals surface area (Å²) < 4.78 is 10.1. The van der Waals surface area contributed by atoms with Gasteiger partial charge in [0.15, 0.2) is 0 Å². The van der Waals surface area contributed by atoms with Crippen LogP contribution in [-0.2, 0) is 6.42 Å². The number of thiazole rings is 1. The second kappa shape index (κ2) is 13.8. The Balaban J connectivity index is 0.00000167. The second-order valence-corrected chi connectivity index (χ2v) is 9.66. The van der Waals surface area contributed by atoms with Crippen molar-refractivity contribution in [2.75, 3.05) is 12.8 Å². The van der Waals surface area contributed by atoms with Crippen LogP contribution in [0.5, 0.6) is 5.75 Å². The fourth-order valence-electron chi connectivity index (χ4n) is 3.40. The van der Waals surface area contributed by atoms with Gasteiger partial charge in [-0.25, -0.2) is 9.71 Å². The van der Waals surface area contributed by atoms with Crippen molar-refractivity contribution < 1.29 is 4.74 Å². The predicted molar refractivity (Wildman–Crippen MR) is 152 cm³/mol. The molecule has 4 rings (SSSR count). The van der Waals surface area contributed by atoms with E-state index in [1.54, 1.807) is 30.4 Å². The van der Waals surface area contributed by atoms with Crippen molar-refractivity contribution in [3.8, 4) is 17.6 Å². The van der Waals surface area contributed by atoms with Crippen molar-refractivity contribution >= 4 is 39.2 Å². The van der Waals surface area contributed by atoms with Gasteiger partial charge in [0.25, 0.3) is 0 Å². The topological polar surface area (TPSA) is 60.2 Å². The summed E-state index contributed by atoms with van der Waals surface area (Å²) in [7, 11) is 1.69. The minimum absolute atomic E-state index is 0.0266. The van der Waals surface area contributed by atoms with E-state index in [-0.39, 0.29) is 6.04 Å². The molecular formula is C29H33N3OS2. The molecule has 0 bridgehead atoms. The van der Waals surface area contributed by atoms with E-state index in [0.29, 0.717) is 0 Å². The minimum atomic E-state index is 0.0266. The molecule has 6 heteroatoms. The average Bonchev–Trinajstić information content (AvgIpc) is 3.31. The van der Waals surface area contributed by atoms with E-state index in [4.69, 9.17) is 15.5 Å². The highest BCUT2D eigenvalue weighted by Crippen LogP contribution is 2.33. The molecule has 35 heavy (non-hydrogen) atoms. The van der Waals surface area contributed by atoms with Crippen molar-refractivity contribution in [2.45, 2.75) is 51.0 Å². The summed E-state index contributed by atoms with van der Waals surface area (Å²) in [4.78, 5) is 6.00. The molecule has 0 radical (unpaired) electrons. The number of rotatable bonds is 8. The normalized spacial score (nSPS) is 11.2. The van der Waals surface area contributed by atoms with Crippen LogP contribution in [0.4, 0.5) is 5.69 Å². The quantitative estimate of drug-likeness (QED) is 0.147. The highest BCUT2D eigenvalue weighted by molar-refractivity contribution is 7.97. The second-order valence-electron chi connectivity index (χ2n) is 7.69. The number of benzene rings is 3. The lowest BCUT2D eigenvalue weighted by molar-refractivity contribution is 0.415. The Hall–Kier alpha value is -2.98. The van der Waals surface area contributed by atoms with E-state index in [2.05, 4.69) is 53.8 Å². The smallest absolute Gasteiger partial charge is 0.120 e. The highest BCUT2D eigenvalue weighted by atomic mass is 32.2. The van der Waals surface area contributed by atoms with Crippen LogP contribution in [0, 0.1) is 11.8 Å². The van der Waals surface area contributed by atoms with Crippen molar-refractivity contribution in [2.24, 2.45) is 0 Å². The first-order chi connectivity index (χ1) is 17.1. The Morgan fingerprint density at radius 2 is 1.91 bits per heavy atom. The van der Waals surface area contributed by atoms with E-state index < -0.39 is 0 Å². The number of anilines is 1. The molecule has 1 aromatic heterocycles. The van der Waals surface area contributed by atoms with Crippen LogP contribution in [0.25, 0.3) is 10.2 Å². The van der Waals surface area contributed by atoms with Gasteiger partial charge in [-0.3, -0.25) is 0 Å². The first-order valence-corrected chi connectivity index (χ1v) is 13.6. The number of aromatic nitrogens is 1. The molecule has 0 aliphatic rings. The van der Waals surface area contributed by atoms with Crippen LogP contribution in [-0.4, -0.2) is 12.1 Å². The van der Waals surface area contributed by atoms with E-state index in [1.165, 1.54) is 5.56 Å². The Labute approximate surface area is 217 Å². The number of nitrogen functional groups attached to an aromatic ring is 1. The molecule has 0 fully saturated rings. The maximum atomic E-state index is 5.97. The van der Waals surface area contributed by atoms with Crippen LogP contribution >= 0.6 is 23.3 Å². The van der Waals surface area contributed by atoms with Gasteiger partial charge in [0.1, 0.15) is 10.8 Å². The summed E-state index contributed by atoms with van der Waals surface area (Å²) in [6.45, 7) is 6.15. The fraction of sp³-hybridized carbons (Fsp3) is 0.276. The highest BCUT2D eigenvalue weighted by Gasteiger charge is 2.18. The number of fused-ring (bicyclic) bond motifs is 1. The number of unbranched alkanes of at least 4 members (excludes halogenated alkanes) is 1. The third-order valence-electron chi connectivity index (χ3n) is 5.06. The lowest BCUT2D eigenvalue weighted by Crippen LogP contribution is -2.17. The van der Waals surface area contributed by atoms with Gasteiger partial charge in [-0.2, -0.15) is 0 Å². The van der Waals surface area contributed by atoms with Gasteiger partial charge in [-0.05, 0) is 78.9 Å². The van der Waals surface area contributed by atoms with Crippen molar-refractivity contribution in [3.05, 3.63) is 82.9 Å². The SMILES string of the molecule is CC.CCCC#Cc1cccc(CC(NSc2cccc(N)c2)c2nc3ccc(OC)cc3s2)c1. The molecule has 0 spiro atoms. The van der Waals surface area contributed by atoms with Gasteiger partial charge in [-0.1, -0.05) is 50.8 Å². The summed E-state index contributed by atoms with van der Waals surface area (Å²) in [6, 6.07) is 22.4. The summed E-state index contributed by atoms with van der Waals surface area (Å²) in [5, 5.41) is 1.04. The number of ether oxygens (including phenoxy) is 1. The Morgan fingerprint density at radius 3 is 2.69 bits per heavy atom. The molecule has 3 aromatic carbocycles. The number of hydrogen-bond donors (Lipinski definition) is 2. The largest absolute Gasteiger partial charge is 0.497 e. The van der Waals surface area contributed by atoms with Crippen LogP contribution in [0.2, 0.25) is 0 Å². The monoisotopic (exact) mass is 503 g/mol. The average molecular weight is 504 g/mol. The van der Waals surface area contributed by atoms with E-state index in [1.807, 2.05) is 50.2 Å². The molecule has 0 amide bonds. The molecule has 3 N–H and O–H groups in total. The van der Waals surface area contributed by atoms with Crippen LogP contribution < -0.4 is 15.2 Å². The lowest BCUT2D eigenvalue weighted by Gasteiger charge is -2.16. The van der Waals surface area contributed by atoms with Crippen molar-refractivity contribution in [1.29, 1.82) is 0 Å². The third kappa shape index (κ3) is 7.76. The number of methoxy groups -OCH3 is 1. The van der Waals surface area contributed by atoms with Gasteiger partial charge in [0.2, 0.25) is 0 Å².